The Morgan fingerprint density at radius 2 is 1.92 bits per heavy atom. The topological polar surface area (TPSA) is 74.1 Å². The van der Waals surface area contributed by atoms with Gasteiger partial charge >= 0.3 is 0 Å². The molecule has 0 radical (unpaired) electrons. The molecule has 0 bridgehead atoms. The quantitative estimate of drug-likeness (QED) is 0.788. The predicted molar refractivity (Wildman–Crippen MR) is 94.9 cm³/mol. The molecule has 0 spiro atoms. The fraction of sp³-hybridized carbons (Fsp3) is 0.389. The molecule has 130 valence electrons. The zero-order valence-corrected chi connectivity index (χ0v) is 14.6. The fourth-order valence-electron chi connectivity index (χ4n) is 3.11. The van der Waals surface area contributed by atoms with Crippen LogP contribution in [-0.2, 0) is 7.05 Å². The van der Waals surface area contributed by atoms with E-state index in [1.165, 1.54) is 0 Å². The number of hydrogen-bond donors (Lipinski definition) is 1. The van der Waals surface area contributed by atoms with Crippen LogP contribution in [-0.4, -0.2) is 33.0 Å². The fourth-order valence-corrected chi connectivity index (χ4v) is 3.11. The van der Waals surface area contributed by atoms with E-state index in [0.29, 0.717) is 19.1 Å². The Hall–Kier alpha value is -2.83. The van der Waals surface area contributed by atoms with Crippen molar-refractivity contribution in [2.24, 2.45) is 13.0 Å². The monoisotopic (exact) mass is 339 g/mol. The Morgan fingerprint density at radius 1 is 1.12 bits per heavy atom. The van der Waals surface area contributed by atoms with Gasteiger partial charge in [-0.05, 0) is 23.6 Å². The lowest BCUT2D eigenvalue weighted by Crippen LogP contribution is -2.19. The van der Waals surface area contributed by atoms with Crippen molar-refractivity contribution in [1.29, 1.82) is 0 Å². The first kappa shape index (κ1) is 15.7. The van der Waals surface area contributed by atoms with E-state index in [1.807, 2.05) is 19.2 Å². The predicted octanol–water partition coefficient (Wildman–Crippen LogP) is 2.94. The maximum absolute atomic E-state index is 5.73. The SMILES string of the molecule is CC(C)[C@@H](Nc1ncnc2c1cnn2C)c1ccc2c(c1)OCCO2. The molecule has 7 nitrogen and oxygen atoms in total. The lowest BCUT2D eigenvalue weighted by atomic mass is 9.95. The van der Waals surface area contributed by atoms with Crippen molar-refractivity contribution in [1.82, 2.24) is 19.7 Å². The third kappa shape index (κ3) is 2.86. The maximum atomic E-state index is 5.73. The first-order valence-electron chi connectivity index (χ1n) is 8.42. The molecular formula is C18H21N5O2. The molecule has 1 N–H and O–H groups in total. The summed E-state index contributed by atoms with van der Waals surface area (Å²) < 4.78 is 13.1. The molecule has 2 aromatic heterocycles. The highest BCUT2D eigenvalue weighted by atomic mass is 16.6. The number of anilines is 1. The van der Waals surface area contributed by atoms with Crippen LogP contribution in [0.3, 0.4) is 0 Å². The van der Waals surface area contributed by atoms with Crippen molar-refractivity contribution >= 4 is 16.9 Å². The first-order valence-corrected chi connectivity index (χ1v) is 8.42. The minimum atomic E-state index is 0.0779. The van der Waals surface area contributed by atoms with E-state index in [0.717, 1.165) is 33.9 Å². The van der Waals surface area contributed by atoms with E-state index in [2.05, 4.69) is 40.3 Å². The van der Waals surface area contributed by atoms with Gasteiger partial charge in [0, 0.05) is 7.05 Å². The van der Waals surface area contributed by atoms with E-state index in [-0.39, 0.29) is 6.04 Å². The third-order valence-electron chi connectivity index (χ3n) is 4.41. The third-order valence-corrected chi connectivity index (χ3v) is 4.41. The van der Waals surface area contributed by atoms with Crippen LogP contribution in [0.2, 0.25) is 0 Å². The maximum Gasteiger partial charge on any atom is 0.163 e. The van der Waals surface area contributed by atoms with Crippen molar-refractivity contribution in [3.05, 3.63) is 36.3 Å². The largest absolute Gasteiger partial charge is 0.486 e. The van der Waals surface area contributed by atoms with Crippen LogP contribution in [0.4, 0.5) is 5.82 Å². The molecule has 0 fully saturated rings. The number of aryl methyl sites for hydroxylation is 1. The molecule has 25 heavy (non-hydrogen) atoms. The second kappa shape index (κ2) is 6.23. The molecule has 0 saturated heterocycles. The molecule has 0 aliphatic carbocycles. The lowest BCUT2D eigenvalue weighted by Gasteiger charge is -2.26. The highest BCUT2D eigenvalue weighted by molar-refractivity contribution is 5.86. The minimum absolute atomic E-state index is 0.0779. The minimum Gasteiger partial charge on any atom is -0.486 e. The van der Waals surface area contributed by atoms with Crippen molar-refractivity contribution in [3.63, 3.8) is 0 Å². The van der Waals surface area contributed by atoms with Crippen LogP contribution in [0, 0.1) is 5.92 Å². The average Bonchev–Trinajstić information content (AvgIpc) is 3.01. The van der Waals surface area contributed by atoms with Gasteiger partial charge in [-0.25, -0.2) is 9.97 Å². The summed E-state index contributed by atoms with van der Waals surface area (Å²) in [4.78, 5) is 8.72. The van der Waals surface area contributed by atoms with E-state index in [1.54, 1.807) is 17.2 Å². The van der Waals surface area contributed by atoms with Gasteiger partial charge in [0.1, 0.15) is 25.4 Å². The number of ether oxygens (including phenoxy) is 2. The van der Waals surface area contributed by atoms with Crippen LogP contribution in [0.15, 0.2) is 30.7 Å². The molecule has 3 aromatic rings. The summed E-state index contributed by atoms with van der Waals surface area (Å²) in [6, 6.07) is 6.18. The molecule has 0 unspecified atom stereocenters. The van der Waals surface area contributed by atoms with Gasteiger partial charge in [-0.2, -0.15) is 5.10 Å². The van der Waals surface area contributed by atoms with E-state index < -0.39 is 0 Å². The van der Waals surface area contributed by atoms with Crippen LogP contribution >= 0.6 is 0 Å². The Kier molecular flexibility index (Phi) is 3.91. The Labute approximate surface area is 146 Å². The number of aromatic nitrogens is 4. The number of nitrogens with one attached hydrogen (secondary N) is 1. The van der Waals surface area contributed by atoms with Crippen LogP contribution in [0.5, 0.6) is 11.5 Å². The van der Waals surface area contributed by atoms with E-state index in [4.69, 9.17) is 9.47 Å². The molecule has 7 heteroatoms. The Balaban J connectivity index is 1.70. The normalized spacial score (nSPS) is 14.7. The van der Waals surface area contributed by atoms with Crippen molar-refractivity contribution < 1.29 is 9.47 Å². The van der Waals surface area contributed by atoms with Gasteiger partial charge in [-0.1, -0.05) is 19.9 Å². The van der Waals surface area contributed by atoms with Crippen molar-refractivity contribution in [2.75, 3.05) is 18.5 Å². The van der Waals surface area contributed by atoms with Gasteiger partial charge in [-0.3, -0.25) is 4.68 Å². The van der Waals surface area contributed by atoms with Gasteiger partial charge in [0.15, 0.2) is 17.1 Å². The van der Waals surface area contributed by atoms with E-state index >= 15 is 0 Å². The molecule has 4 rings (SSSR count). The lowest BCUT2D eigenvalue weighted by molar-refractivity contribution is 0.171. The average molecular weight is 339 g/mol. The molecule has 1 aromatic carbocycles. The second-order valence-electron chi connectivity index (χ2n) is 6.50. The van der Waals surface area contributed by atoms with Crippen molar-refractivity contribution in [3.8, 4) is 11.5 Å². The number of hydrogen-bond acceptors (Lipinski definition) is 6. The summed E-state index contributed by atoms with van der Waals surface area (Å²) in [6.45, 7) is 5.53. The Morgan fingerprint density at radius 3 is 2.72 bits per heavy atom. The molecule has 1 atom stereocenters. The highest BCUT2D eigenvalue weighted by Gasteiger charge is 2.21. The van der Waals surface area contributed by atoms with Gasteiger partial charge in [0.25, 0.3) is 0 Å². The van der Waals surface area contributed by atoms with Gasteiger partial charge < -0.3 is 14.8 Å². The molecule has 3 heterocycles. The molecule has 1 aliphatic heterocycles. The summed E-state index contributed by atoms with van der Waals surface area (Å²) in [5.41, 5.74) is 1.94. The molecule has 1 aliphatic rings. The molecular weight excluding hydrogens is 318 g/mol. The van der Waals surface area contributed by atoms with Gasteiger partial charge in [-0.15, -0.1) is 0 Å². The summed E-state index contributed by atoms with van der Waals surface area (Å²) in [5.74, 6) is 2.73. The standard InChI is InChI=1S/C18H21N5O2/c1-11(2)16(12-4-5-14-15(8-12)25-7-6-24-14)22-17-13-9-21-23(3)18(13)20-10-19-17/h4-5,8-11,16H,6-7H2,1-3H3,(H,19,20,22)/t16-/m1/s1. The smallest absolute Gasteiger partial charge is 0.163 e. The number of nitrogens with zero attached hydrogens (tertiary/aromatic N) is 4. The molecule has 0 saturated carbocycles. The van der Waals surface area contributed by atoms with Gasteiger partial charge in [0.05, 0.1) is 17.6 Å². The number of rotatable bonds is 4. The zero-order chi connectivity index (χ0) is 17.4. The van der Waals surface area contributed by atoms with Crippen molar-refractivity contribution in [2.45, 2.75) is 19.9 Å². The van der Waals surface area contributed by atoms with E-state index in [9.17, 15) is 0 Å². The summed E-state index contributed by atoms with van der Waals surface area (Å²) in [5, 5.41) is 8.74. The number of fused-ring (bicyclic) bond motifs is 2. The summed E-state index contributed by atoms with van der Waals surface area (Å²) >= 11 is 0. The van der Waals surface area contributed by atoms with Gasteiger partial charge in [0.2, 0.25) is 0 Å². The molecule has 0 amide bonds. The number of benzene rings is 1. The summed E-state index contributed by atoms with van der Waals surface area (Å²) in [6.07, 6.45) is 3.35. The van der Waals surface area contributed by atoms with Crippen LogP contribution in [0.1, 0.15) is 25.5 Å². The first-order chi connectivity index (χ1) is 12.1. The van der Waals surface area contributed by atoms with Crippen LogP contribution in [0.25, 0.3) is 11.0 Å². The zero-order valence-electron chi connectivity index (χ0n) is 14.6. The summed E-state index contributed by atoms with van der Waals surface area (Å²) in [7, 11) is 1.87. The Bertz CT molecular complexity index is 906. The van der Waals surface area contributed by atoms with Crippen LogP contribution < -0.4 is 14.8 Å². The highest BCUT2D eigenvalue weighted by Crippen LogP contribution is 2.36. The second-order valence-corrected chi connectivity index (χ2v) is 6.50.